The van der Waals surface area contributed by atoms with Crippen LogP contribution in [0.4, 0.5) is 23.2 Å². The van der Waals surface area contributed by atoms with Crippen LogP contribution in [0, 0.1) is 46.2 Å². The van der Waals surface area contributed by atoms with Crippen molar-refractivity contribution in [3.63, 3.8) is 0 Å². The van der Waals surface area contributed by atoms with Gasteiger partial charge in [0.25, 0.3) is 0 Å². The maximum absolute atomic E-state index is 15.2. The minimum atomic E-state index is -4.29. The minimum absolute atomic E-state index is 0.0190. The Morgan fingerprint density at radius 3 is 2.52 bits per heavy atom. The molecule has 0 unspecified atom stereocenters. The summed E-state index contributed by atoms with van der Waals surface area (Å²) >= 11 is 4.94. The van der Waals surface area contributed by atoms with Gasteiger partial charge in [0, 0.05) is 19.5 Å². The number of amides is 4. The number of nitriles is 1. The molecule has 14 heteroatoms. The van der Waals surface area contributed by atoms with E-state index in [4.69, 9.17) is 11.6 Å². The van der Waals surface area contributed by atoms with Crippen LogP contribution in [0.2, 0.25) is 0 Å². The molecular formula is C30H32ClF4N5O4. The quantitative estimate of drug-likeness (QED) is 0.388. The first-order valence-electron chi connectivity index (χ1n) is 14.6. The lowest BCUT2D eigenvalue weighted by Gasteiger charge is -2.38. The highest BCUT2D eigenvalue weighted by molar-refractivity contribution is 6.32. The van der Waals surface area contributed by atoms with E-state index in [0.29, 0.717) is 12.0 Å². The van der Waals surface area contributed by atoms with E-state index in [1.54, 1.807) is 26.8 Å². The number of hydrogen-bond acceptors (Lipinski definition) is 5. The summed E-state index contributed by atoms with van der Waals surface area (Å²) in [5.74, 6) is -6.06. The Kier molecular flexibility index (Phi) is 7.00. The molecule has 2 N–H and O–H groups in total. The molecule has 5 aliphatic rings. The molecule has 1 aromatic rings. The first-order chi connectivity index (χ1) is 20.5. The van der Waals surface area contributed by atoms with Crippen molar-refractivity contribution < 1.29 is 36.7 Å². The van der Waals surface area contributed by atoms with E-state index in [9.17, 15) is 37.6 Å². The van der Waals surface area contributed by atoms with Gasteiger partial charge in [-0.2, -0.15) is 14.0 Å². The lowest BCUT2D eigenvalue weighted by molar-refractivity contribution is -0.150. The highest BCUT2D eigenvalue weighted by Crippen LogP contribution is 2.59. The summed E-state index contributed by atoms with van der Waals surface area (Å²) in [6, 6.07) is 2.36. The van der Waals surface area contributed by atoms with Crippen LogP contribution >= 0.6 is 11.6 Å². The van der Waals surface area contributed by atoms with Crippen molar-refractivity contribution in [1.29, 1.82) is 5.26 Å². The molecule has 3 heterocycles. The molecule has 236 valence electrons. The lowest BCUT2D eigenvalue weighted by Crippen LogP contribution is -2.60. The Bertz CT molecular complexity index is 1490. The van der Waals surface area contributed by atoms with E-state index < -0.39 is 81.8 Å². The van der Waals surface area contributed by atoms with E-state index in [2.05, 4.69) is 11.4 Å². The number of alkyl halides is 4. The van der Waals surface area contributed by atoms with E-state index >= 15 is 4.39 Å². The van der Waals surface area contributed by atoms with Gasteiger partial charge in [-0.1, -0.05) is 32.9 Å². The van der Waals surface area contributed by atoms with Gasteiger partial charge in [0.2, 0.25) is 17.7 Å². The first kappa shape index (κ1) is 30.6. The smallest absolute Gasteiger partial charge is 0.337 e. The van der Waals surface area contributed by atoms with Crippen LogP contribution in [0.3, 0.4) is 0 Å². The molecule has 9 nitrogen and oxygen atoms in total. The van der Waals surface area contributed by atoms with Gasteiger partial charge in [-0.05, 0) is 65.2 Å². The van der Waals surface area contributed by atoms with Crippen LogP contribution < -0.4 is 10.6 Å². The lowest BCUT2D eigenvalue weighted by atomic mass is 9.77. The number of carbonyl (C=O) groups is 4. The zero-order valence-electron chi connectivity index (χ0n) is 24.3. The molecule has 4 amide bonds. The van der Waals surface area contributed by atoms with Gasteiger partial charge in [0.1, 0.15) is 30.1 Å². The van der Waals surface area contributed by atoms with Gasteiger partial charge < -0.3 is 20.4 Å². The van der Waals surface area contributed by atoms with E-state index in [0.717, 1.165) is 0 Å². The number of rotatable bonds is 4. The molecule has 0 aromatic heterocycles. The molecule has 44 heavy (non-hydrogen) atoms. The molecule has 6 rings (SSSR count). The number of para-hydroxylation sites is 1. The van der Waals surface area contributed by atoms with Crippen molar-refractivity contribution >= 4 is 40.9 Å². The van der Waals surface area contributed by atoms with Gasteiger partial charge in [0.05, 0.1) is 17.2 Å². The summed E-state index contributed by atoms with van der Waals surface area (Å²) in [6.07, 6.45) is -0.508. The summed E-state index contributed by atoms with van der Waals surface area (Å²) in [4.78, 5) is 56.7. The molecule has 2 saturated carbocycles. The van der Waals surface area contributed by atoms with Crippen LogP contribution in [0.5, 0.6) is 0 Å². The van der Waals surface area contributed by atoms with Crippen molar-refractivity contribution in [3.8, 4) is 6.07 Å². The Labute approximate surface area is 256 Å². The number of carbonyl (C=O) groups excluding carboxylic acids is 4. The summed E-state index contributed by atoms with van der Waals surface area (Å²) < 4.78 is 57.1. The molecule has 1 spiro atoms. The maximum Gasteiger partial charge on any atom is 0.399 e. The maximum atomic E-state index is 15.2. The number of nitrogens with one attached hydrogen (secondary N) is 2. The molecule has 2 bridgehead atoms. The molecule has 9 atom stereocenters. The molecule has 1 aromatic carbocycles. The predicted molar refractivity (Wildman–Crippen MR) is 148 cm³/mol. The zero-order valence-corrected chi connectivity index (χ0v) is 25.0. The van der Waals surface area contributed by atoms with Gasteiger partial charge in [0.15, 0.2) is 0 Å². The Morgan fingerprint density at radius 1 is 1.18 bits per heavy atom. The first-order valence-corrected chi connectivity index (χ1v) is 15.0. The van der Waals surface area contributed by atoms with Crippen LogP contribution in [-0.2, 0) is 24.6 Å². The second-order valence-corrected chi connectivity index (χ2v) is 14.3. The summed E-state index contributed by atoms with van der Waals surface area (Å²) in [6.45, 7) is 4.44. The summed E-state index contributed by atoms with van der Waals surface area (Å²) in [5, 5.41) is 10.4. The molecule has 2 aliphatic carbocycles. The average molecular weight is 638 g/mol. The summed E-state index contributed by atoms with van der Waals surface area (Å²) in [5.41, 5.74) is -2.21. The standard InChI is InChI=1S/C30H32ClF4N5O4/c1-28(2,3)23(38-27(44)30(31,34)35)25(42)39-11-16-13-7-15(19(33)8-13)20(16)22(39)24(41)40-12-29(9-14(40)10-36)17-5-4-6-18(32)21(17)37-26(29)43/h4-6,13-16,19-20,22-23H,7-9,11-12H2,1-3H3,(H,37,43)(H,38,44)/t13-,14-,15+,16+,19+,20-,22-,23+,29-/m0/s1. The van der Waals surface area contributed by atoms with Crippen LogP contribution in [0.25, 0.3) is 0 Å². The second-order valence-electron chi connectivity index (χ2n) is 13.9. The molecule has 3 aliphatic heterocycles. The number of fused-ring (bicyclic) bond motifs is 7. The third-order valence-corrected chi connectivity index (χ3v) is 10.6. The highest BCUT2D eigenvalue weighted by Gasteiger charge is 2.65. The number of benzene rings is 1. The van der Waals surface area contributed by atoms with Crippen molar-refractivity contribution in [2.75, 3.05) is 18.4 Å². The van der Waals surface area contributed by atoms with Crippen molar-refractivity contribution in [2.24, 2.45) is 29.1 Å². The van der Waals surface area contributed by atoms with E-state index in [-0.39, 0.29) is 43.5 Å². The average Bonchev–Trinajstić information content (AvgIpc) is 3.73. The predicted octanol–water partition coefficient (Wildman–Crippen LogP) is 3.32. The third-order valence-electron chi connectivity index (χ3n) is 10.4. The Balaban J connectivity index is 1.37. The minimum Gasteiger partial charge on any atom is -0.337 e. The fourth-order valence-corrected chi connectivity index (χ4v) is 8.52. The van der Waals surface area contributed by atoms with Crippen LogP contribution in [-0.4, -0.2) is 76.2 Å². The third kappa shape index (κ3) is 4.46. The van der Waals surface area contributed by atoms with Gasteiger partial charge in [-0.3, -0.25) is 19.2 Å². The van der Waals surface area contributed by atoms with Gasteiger partial charge >= 0.3 is 11.3 Å². The zero-order chi connectivity index (χ0) is 32.1. The second kappa shape index (κ2) is 10.1. The van der Waals surface area contributed by atoms with Gasteiger partial charge in [-0.15, -0.1) is 0 Å². The largest absolute Gasteiger partial charge is 0.399 e. The summed E-state index contributed by atoms with van der Waals surface area (Å²) in [7, 11) is 0. The van der Waals surface area contributed by atoms with Crippen LogP contribution in [0.15, 0.2) is 18.2 Å². The normalized spacial score (nSPS) is 34.5. The number of likely N-dealkylation sites (tertiary alicyclic amines) is 2. The van der Waals surface area contributed by atoms with Crippen molar-refractivity contribution in [2.45, 2.75) is 75.1 Å². The Hall–Kier alpha value is -3.40. The fourth-order valence-electron chi connectivity index (χ4n) is 8.46. The van der Waals surface area contributed by atoms with Crippen molar-refractivity contribution in [1.82, 2.24) is 15.1 Å². The molecular weight excluding hydrogens is 606 g/mol. The number of halogens is 5. The van der Waals surface area contributed by atoms with Crippen molar-refractivity contribution in [3.05, 3.63) is 29.6 Å². The monoisotopic (exact) mass is 637 g/mol. The highest BCUT2D eigenvalue weighted by atomic mass is 35.5. The number of hydrogen-bond donors (Lipinski definition) is 2. The van der Waals surface area contributed by atoms with E-state index in [1.807, 2.05) is 5.32 Å². The SMILES string of the molecule is CC(C)(C)[C@H](NC(=O)C(F)(F)Cl)C(=O)N1C[C@@H]2[C@H]3C[C@@H]([C@@H]2[C@H]1C(=O)N1C[C@]2(C[C@H]1C#N)C(=O)Nc1c(F)cccc12)[C@H](F)C3. The van der Waals surface area contributed by atoms with E-state index in [1.165, 1.54) is 21.9 Å². The molecule has 2 saturated heterocycles. The topological polar surface area (TPSA) is 123 Å². The Morgan fingerprint density at radius 2 is 1.89 bits per heavy atom. The number of anilines is 1. The molecule has 4 fully saturated rings. The number of nitrogens with zero attached hydrogens (tertiary/aromatic N) is 3. The van der Waals surface area contributed by atoms with Crippen LogP contribution in [0.1, 0.15) is 45.6 Å². The fraction of sp³-hybridized carbons (Fsp3) is 0.633. The van der Waals surface area contributed by atoms with Gasteiger partial charge in [-0.25, -0.2) is 8.78 Å². The molecule has 0 radical (unpaired) electrons.